The van der Waals surface area contributed by atoms with Crippen LogP contribution in [0, 0.1) is 12.7 Å². The highest BCUT2D eigenvalue weighted by molar-refractivity contribution is 7.99. The molecule has 1 amide bonds. The smallest absolute Gasteiger partial charge is 0.258 e. The highest BCUT2D eigenvalue weighted by Gasteiger charge is 2.46. The van der Waals surface area contributed by atoms with E-state index in [1.165, 1.54) is 17.7 Å². The van der Waals surface area contributed by atoms with Crippen molar-refractivity contribution in [2.24, 2.45) is 0 Å². The molecule has 4 nitrogen and oxygen atoms in total. The van der Waals surface area contributed by atoms with Crippen LogP contribution in [0.15, 0.2) is 94.9 Å². The lowest BCUT2D eigenvalue weighted by Crippen LogP contribution is -2.46. The lowest BCUT2D eigenvalue weighted by molar-refractivity contribution is 0.0977. The van der Waals surface area contributed by atoms with Crippen molar-refractivity contribution in [3.8, 4) is 0 Å². The van der Waals surface area contributed by atoms with Crippen LogP contribution in [0.25, 0.3) is 6.08 Å². The Balaban J connectivity index is 1.24. The van der Waals surface area contributed by atoms with Gasteiger partial charge in [0.15, 0.2) is 0 Å². The summed E-state index contributed by atoms with van der Waals surface area (Å²) < 4.78 is 13.5. The molecule has 214 valence electrons. The van der Waals surface area contributed by atoms with E-state index in [0.717, 1.165) is 64.1 Å². The number of anilines is 1. The maximum absolute atomic E-state index is 13.8. The number of nitrogens with zero attached hydrogens (tertiary/aromatic N) is 3. The molecular formula is C34H30Cl2FN3OS. The first-order valence-corrected chi connectivity index (χ1v) is 15.5. The largest absolute Gasteiger partial charge is 0.307 e. The zero-order valence-corrected chi connectivity index (χ0v) is 25.5. The van der Waals surface area contributed by atoms with Gasteiger partial charge >= 0.3 is 0 Å². The quantitative estimate of drug-likeness (QED) is 0.203. The number of hydrogen-bond donors (Lipinski definition) is 0. The Labute approximate surface area is 260 Å². The number of aromatic nitrogens is 1. The summed E-state index contributed by atoms with van der Waals surface area (Å²) >= 11 is 14.2. The topological polar surface area (TPSA) is 36.4 Å². The van der Waals surface area contributed by atoms with Crippen LogP contribution in [0.3, 0.4) is 0 Å². The van der Waals surface area contributed by atoms with Gasteiger partial charge in [0.2, 0.25) is 0 Å². The van der Waals surface area contributed by atoms with E-state index < -0.39 is 0 Å². The first-order chi connectivity index (χ1) is 20.3. The van der Waals surface area contributed by atoms with Gasteiger partial charge in [-0.3, -0.25) is 9.69 Å². The standard InChI is InChI=1S/C34H30Cl2FN3OS/c1-23-4-5-24(30(35)19-23)3-2-16-39-17-13-34(14-18-39)22-40(33(41)25-12-15-38-32(36)20-25)31-11-10-28(21-29(31)34)42-27-8-6-26(37)7-9-27/h2-12,15,19-21H,13-14,16-18,22H2,1H3/b3-2+. The number of hydrogen-bond acceptors (Lipinski definition) is 4. The summed E-state index contributed by atoms with van der Waals surface area (Å²) in [4.78, 5) is 24.2. The lowest BCUT2D eigenvalue weighted by atomic mass is 9.74. The number of rotatable bonds is 6. The number of fused-ring (bicyclic) bond motifs is 2. The fraction of sp³-hybridized carbons (Fsp3) is 0.235. The van der Waals surface area contributed by atoms with Gasteiger partial charge in [-0.15, -0.1) is 0 Å². The van der Waals surface area contributed by atoms with E-state index in [9.17, 15) is 9.18 Å². The summed E-state index contributed by atoms with van der Waals surface area (Å²) in [7, 11) is 0. The number of aryl methyl sites for hydroxylation is 1. The summed E-state index contributed by atoms with van der Waals surface area (Å²) in [5, 5.41) is 1.07. The molecule has 42 heavy (non-hydrogen) atoms. The fourth-order valence-corrected chi connectivity index (χ4v) is 7.24. The summed E-state index contributed by atoms with van der Waals surface area (Å²) in [6.45, 7) is 5.34. The number of pyridine rings is 1. The van der Waals surface area contributed by atoms with Crippen molar-refractivity contribution in [2.75, 3.05) is 31.1 Å². The van der Waals surface area contributed by atoms with Gasteiger partial charge in [0.05, 0.1) is 0 Å². The maximum atomic E-state index is 13.8. The van der Waals surface area contributed by atoms with Crippen molar-refractivity contribution in [2.45, 2.75) is 35.0 Å². The molecule has 2 aliphatic rings. The summed E-state index contributed by atoms with van der Waals surface area (Å²) in [6.07, 6.45) is 7.71. The van der Waals surface area contributed by atoms with Gasteiger partial charge in [-0.1, -0.05) is 59.2 Å². The summed E-state index contributed by atoms with van der Waals surface area (Å²) in [5.41, 5.74) is 4.69. The first kappa shape index (κ1) is 28.9. The Hall–Kier alpha value is -3.16. The van der Waals surface area contributed by atoms with E-state index in [2.05, 4.69) is 46.3 Å². The molecule has 8 heteroatoms. The van der Waals surface area contributed by atoms with Gasteiger partial charge in [0, 0.05) is 50.8 Å². The third-order valence-corrected chi connectivity index (χ3v) is 9.72. The van der Waals surface area contributed by atoms with Gasteiger partial charge < -0.3 is 4.90 Å². The highest BCUT2D eigenvalue weighted by atomic mass is 35.5. The van der Waals surface area contributed by atoms with Crippen molar-refractivity contribution in [3.63, 3.8) is 0 Å². The molecule has 1 saturated heterocycles. The molecule has 0 N–H and O–H groups in total. The Morgan fingerprint density at radius 2 is 1.76 bits per heavy atom. The molecule has 1 spiro atoms. The first-order valence-electron chi connectivity index (χ1n) is 14.0. The average molecular weight is 619 g/mol. The van der Waals surface area contributed by atoms with Crippen LogP contribution in [0.1, 0.15) is 39.9 Å². The molecule has 1 aromatic heterocycles. The van der Waals surface area contributed by atoms with Crippen LogP contribution in [-0.2, 0) is 5.41 Å². The van der Waals surface area contributed by atoms with Gasteiger partial charge in [0.1, 0.15) is 11.0 Å². The van der Waals surface area contributed by atoms with Crippen molar-refractivity contribution < 1.29 is 9.18 Å². The average Bonchev–Trinajstić information content (AvgIpc) is 3.29. The molecule has 2 aliphatic heterocycles. The monoisotopic (exact) mass is 617 g/mol. The number of piperidine rings is 1. The number of amides is 1. The minimum atomic E-state index is -0.249. The number of likely N-dealkylation sites (tertiary alicyclic amines) is 1. The Kier molecular flexibility index (Phi) is 8.42. The fourth-order valence-electron chi connectivity index (χ4n) is 5.91. The summed E-state index contributed by atoms with van der Waals surface area (Å²) in [5.74, 6) is -0.321. The number of carbonyl (C=O) groups excluding carboxylic acids is 1. The zero-order valence-electron chi connectivity index (χ0n) is 23.2. The van der Waals surface area contributed by atoms with E-state index in [-0.39, 0.29) is 17.1 Å². The minimum Gasteiger partial charge on any atom is -0.307 e. The van der Waals surface area contributed by atoms with Gasteiger partial charge in [-0.25, -0.2) is 9.37 Å². The Bertz CT molecular complexity index is 1650. The zero-order chi connectivity index (χ0) is 29.3. The van der Waals surface area contributed by atoms with E-state index in [4.69, 9.17) is 23.2 Å². The second-order valence-electron chi connectivity index (χ2n) is 11.0. The molecule has 0 unspecified atom stereocenters. The molecule has 3 heterocycles. The second kappa shape index (κ2) is 12.2. The van der Waals surface area contributed by atoms with Crippen molar-refractivity contribution in [1.82, 2.24) is 9.88 Å². The van der Waals surface area contributed by atoms with Crippen LogP contribution in [0.2, 0.25) is 10.2 Å². The third-order valence-electron chi connectivity index (χ3n) is 8.19. The van der Waals surface area contributed by atoms with E-state index in [1.54, 1.807) is 42.2 Å². The Morgan fingerprint density at radius 3 is 2.50 bits per heavy atom. The number of benzene rings is 3. The molecule has 6 rings (SSSR count). The van der Waals surface area contributed by atoms with Crippen molar-refractivity contribution >= 4 is 52.6 Å². The van der Waals surface area contributed by atoms with Gasteiger partial charge in [-0.05, 0) is 110 Å². The van der Waals surface area contributed by atoms with Crippen LogP contribution < -0.4 is 4.90 Å². The van der Waals surface area contributed by atoms with Crippen molar-refractivity contribution in [3.05, 3.63) is 123 Å². The molecule has 4 aromatic rings. The van der Waals surface area contributed by atoms with E-state index in [1.807, 2.05) is 24.0 Å². The molecule has 0 saturated carbocycles. The maximum Gasteiger partial charge on any atom is 0.258 e. The molecule has 0 bridgehead atoms. The number of carbonyl (C=O) groups is 1. The highest BCUT2D eigenvalue weighted by Crippen LogP contribution is 2.49. The van der Waals surface area contributed by atoms with Gasteiger partial charge in [-0.2, -0.15) is 0 Å². The van der Waals surface area contributed by atoms with Crippen molar-refractivity contribution in [1.29, 1.82) is 0 Å². The molecule has 0 radical (unpaired) electrons. The Morgan fingerprint density at radius 1 is 1.00 bits per heavy atom. The van der Waals surface area contributed by atoms with Crippen LogP contribution >= 0.6 is 35.0 Å². The predicted octanol–water partition coefficient (Wildman–Crippen LogP) is 8.69. The van der Waals surface area contributed by atoms with E-state index >= 15 is 0 Å². The second-order valence-corrected chi connectivity index (χ2v) is 12.9. The number of halogens is 3. The predicted molar refractivity (Wildman–Crippen MR) is 170 cm³/mol. The van der Waals surface area contributed by atoms with Crippen LogP contribution in [0.4, 0.5) is 10.1 Å². The lowest BCUT2D eigenvalue weighted by Gasteiger charge is -2.39. The summed E-state index contributed by atoms with van der Waals surface area (Å²) in [6, 6.07) is 22.3. The van der Waals surface area contributed by atoms with E-state index in [0.29, 0.717) is 17.3 Å². The molecule has 0 atom stereocenters. The minimum absolute atomic E-state index is 0.0725. The SMILES string of the molecule is Cc1ccc(/C=C/CN2CCC3(CC2)CN(C(=O)c2ccnc(Cl)c2)c2ccc(Sc4ccc(F)cc4)cc23)c(Cl)c1. The molecule has 0 aliphatic carbocycles. The normalized spacial score (nSPS) is 16.3. The molecule has 1 fully saturated rings. The van der Waals surface area contributed by atoms with Crippen LogP contribution in [0.5, 0.6) is 0 Å². The van der Waals surface area contributed by atoms with Crippen LogP contribution in [-0.4, -0.2) is 42.0 Å². The third kappa shape index (κ3) is 6.13. The molecule has 3 aromatic carbocycles. The van der Waals surface area contributed by atoms with Gasteiger partial charge in [0.25, 0.3) is 5.91 Å². The molecular weight excluding hydrogens is 588 g/mol.